The first-order valence-electron chi connectivity index (χ1n) is 9.06. The van der Waals surface area contributed by atoms with Gasteiger partial charge in [-0.1, -0.05) is 0 Å². The Balaban J connectivity index is 1.47. The van der Waals surface area contributed by atoms with E-state index in [4.69, 9.17) is 4.74 Å². The molecule has 1 amide bonds. The predicted octanol–water partition coefficient (Wildman–Crippen LogP) is 2.48. The predicted molar refractivity (Wildman–Crippen MR) is 92.5 cm³/mol. The van der Waals surface area contributed by atoms with Crippen molar-refractivity contribution in [3.05, 3.63) is 34.4 Å². The van der Waals surface area contributed by atoms with Crippen molar-refractivity contribution in [2.24, 2.45) is 0 Å². The van der Waals surface area contributed by atoms with Crippen molar-refractivity contribution in [1.82, 2.24) is 25.3 Å². The fraction of sp³-hybridized carbons (Fsp3) is 0.611. The quantitative estimate of drug-likeness (QED) is 0.877. The van der Waals surface area contributed by atoms with Crippen molar-refractivity contribution >= 4 is 5.91 Å². The first kappa shape index (κ1) is 16.3. The maximum absolute atomic E-state index is 13.0. The van der Waals surface area contributed by atoms with Gasteiger partial charge in [-0.3, -0.25) is 15.0 Å². The summed E-state index contributed by atoms with van der Waals surface area (Å²) in [6.07, 6.45) is 4.67. The van der Waals surface area contributed by atoms with Gasteiger partial charge >= 0.3 is 0 Å². The van der Waals surface area contributed by atoms with Crippen molar-refractivity contribution in [3.8, 4) is 0 Å². The third-order valence-electron chi connectivity index (χ3n) is 5.53. The fourth-order valence-electron chi connectivity index (χ4n) is 4.17. The molecule has 2 atom stereocenters. The molecule has 4 rings (SSSR count). The van der Waals surface area contributed by atoms with Gasteiger partial charge in [0.25, 0.3) is 5.91 Å². The van der Waals surface area contributed by atoms with Crippen LogP contribution in [-0.4, -0.2) is 50.4 Å². The van der Waals surface area contributed by atoms with Crippen LogP contribution >= 0.6 is 0 Å². The Morgan fingerprint density at radius 3 is 2.72 bits per heavy atom. The molecule has 2 N–H and O–H groups in total. The van der Waals surface area contributed by atoms with Crippen LogP contribution < -0.4 is 0 Å². The summed E-state index contributed by atoms with van der Waals surface area (Å²) in [4.78, 5) is 14.9. The summed E-state index contributed by atoms with van der Waals surface area (Å²) in [6.45, 7) is 7.62. The number of hydrogen-bond acceptors (Lipinski definition) is 4. The Hall–Kier alpha value is -2.15. The molecule has 2 aliphatic rings. The fourth-order valence-corrected chi connectivity index (χ4v) is 4.17. The minimum atomic E-state index is -0.0393. The van der Waals surface area contributed by atoms with Crippen molar-refractivity contribution < 1.29 is 9.53 Å². The normalized spacial score (nSPS) is 24.4. The van der Waals surface area contributed by atoms with Crippen molar-refractivity contribution in [1.29, 1.82) is 0 Å². The molecule has 0 bridgehead atoms. The molecule has 2 aromatic rings. The average Bonchev–Trinajstić information content (AvgIpc) is 3.21. The highest BCUT2D eigenvalue weighted by atomic mass is 16.5. The molecule has 7 heteroatoms. The van der Waals surface area contributed by atoms with Gasteiger partial charge < -0.3 is 9.64 Å². The van der Waals surface area contributed by atoms with E-state index in [0.29, 0.717) is 11.6 Å². The molecule has 25 heavy (non-hydrogen) atoms. The van der Waals surface area contributed by atoms with Crippen LogP contribution in [0.3, 0.4) is 0 Å². The molecule has 7 nitrogen and oxygen atoms in total. The third kappa shape index (κ3) is 2.86. The summed E-state index contributed by atoms with van der Waals surface area (Å²) in [5.41, 5.74) is 4.97. The van der Waals surface area contributed by atoms with Crippen LogP contribution in [0.1, 0.15) is 71.7 Å². The Bertz CT molecular complexity index is 772. The molecule has 2 aliphatic heterocycles. The number of nitrogens with one attached hydrogen (secondary N) is 2. The first-order chi connectivity index (χ1) is 12.0. The molecule has 4 heterocycles. The number of hydrogen-bond donors (Lipinski definition) is 2. The van der Waals surface area contributed by atoms with Gasteiger partial charge in [-0.2, -0.15) is 10.2 Å². The molecular formula is C18H25N5O2. The summed E-state index contributed by atoms with van der Waals surface area (Å²) >= 11 is 0. The highest BCUT2D eigenvalue weighted by Crippen LogP contribution is 2.33. The van der Waals surface area contributed by atoms with Crippen LogP contribution in [0, 0.1) is 6.92 Å². The topological polar surface area (TPSA) is 86.9 Å². The standard InChI is InChI=1S/C18H25N5O2/c1-10-8-14-16(12(3)25-10)21-22-17(14)18(24)23-6-4-13(5-7-23)15-9-19-20-11(15)2/h9-10,12-13H,4-8H2,1-3H3,(H,19,20)(H,21,22)/t10-,12+/m1/s1. The lowest BCUT2D eigenvalue weighted by atomic mass is 9.89. The van der Waals surface area contributed by atoms with E-state index in [9.17, 15) is 4.79 Å². The molecule has 1 fully saturated rings. The monoisotopic (exact) mass is 343 g/mol. The van der Waals surface area contributed by atoms with E-state index in [1.807, 2.05) is 24.9 Å². The molecule has 1 saturated heterocycles. The van der Waals surface area contributed by atoms with Gasteiger partial charge in [0.15, 0.2) is 5.69 Å². The zero-order chi connectivity index (χ0) is 17.6. The lowest BCUT2D eigenvalue weighted by molar-refractivity contribution is -0.00702. The number of ether oxygens (including phenoxy) is 1. The summed E-state index contributed by atoms with van der Waals surface area (Å²) in [6, 6.07) is 0. The summed E-state index contributed by atoms with van der Waals surface area (Å²) in [5.74, 6) is 0.519. The van der Waals surface area contributed by atoms with Crippen molar-refractivity contribution in [2.75, 3.05) is 13.1 Å². The molecule has 0 aromatic carbocycles. The smallest absolute Gasteiger partial charge is 0.274 e. The number of carbonyl (C=O) groups excluding carboxylic acids is 1. The van der Waals surface area contributed by atoms with Gasteiger partial charge in [0.2, 0.25) is 0 Å². The zero-order valence-electron chi connectivity index (χ0n) is 15.0. The molecule has 0 spiro atoms. The number of aromatic amines is 2. The number of nitrogens with zero attached hydrogens (tertiary/aromatic N) is 3. The van der Waals surface area contributed by atoms with Crippen LogP contribution in [0.2, 0.25) is 0 Å². The van der Waals surface area contributed by atoms with E-state index in [2.05, 4.69) is 27.3 Å². The first-order valence-corrected chi connectivity index (χ1v) is 9.06. The van der Waals surface area contributed by atoms with E-state index in [-0.39, 0.29) is 18.1 Å². The van der Waals surface area contributed by atoms with Crippen LogP contribution in [-0.2, 0) is 11.2 Å². The zero-order valence-corrected chi connectivity index (χ0v) is 15.0. The SMILES string of the molecule is Cc1[nH]ncc1C1CCN(C(=O)c2n[nH]c3c2C[C@@H](C)O[C@H]3C)CC1. The number of amides is 1. The minimum absolute atomic E-state index is 0.0393. The molecule has 0 aliphatic carbocycles. The molecule has 2 aromatic heterocycles. The maximum atomic E-state index is 13.0. The van der Waals surface area contributed by atoms with Gasteiger partial charge in [-0.05, 0) is 45.1 Å². The maximum Gasteiger partial charge on any atom is 0.274 e. The van der Waals surface area contributed by atoms with Gasteiger partial charge in [0.05, 0.1) is 24.1 Å². The Morgan fingerprint density at radius 1 is 1.28 bits per heavy atom. The van der Waals surface area contributed by atoms with Crippen LogP contribution in [0.5, 0.6) is 0 Å². The van der Waals surface area contributed by atoms with Gasteiger partial charge in [0, 0.05) is 30.8 Å². The highest BCUT2D eigenvalue weighted by molar-refractivity contribution is 5.94. The van der Waals surface area contributed by atoms with Gasteiger partial charge in [-0.15, -0.1) is 0 Å². The largest absolute Gasteiger partial charge is 0.369 e. The van der Waals surface area contributed by atoms with Gasteiger partial charge in [0.1, 0.15) is 0 Å². The Morgan fingerprint density at radius 2 is 2.04 bits per heavy atom. The second-order valence-electron chi connectivity index (χ2n) is 7.27. The van der Waals surface area contributed by atoms with Crippen LogP contribution in [0.25, 0.3) is 0 Å². The summed E-state index contributed by atoms with van der Waals surface area (Å²) in [5, 5.41) is 14.5. The van der Waals surface area contributed by atoms with Crippen molar-refractivity contribution in [3.63, 3.8) is 0 Å². The van der Waals surface area contributed by atoms with E-state index in [1.165, 1.54) is 5.56 Å². The molecule has 0 unspecified atom stereocenters. The van der Waals surface area contributed by atoms with E-state index < -0.39 is 0 Å². The minimum Gasteiger partial charge on any atom is -0.369 e. The highest BCUT2D eigenvalue weighted by Gasteiger charge is 2.33. The number of carbonyl (C=O) groups is 1. The lowest BCUT2D eigenvalue weighted by Gasteiger charge is -2.32. The molecular weight excluding hydrogens is 318 g/mol. The van der Waals surface area contributed by atoms with E-state index >= 15 is 0 Å². The lowest BCUT2D eigenvalue weighted by Crippen LogP contribution is -2.39. The number of aromatic nitrogens is 4. The number of fused-ring (bicyclic) bond motifs is 1. The Labute approximate surface area is 147 Å². The number of H-pyrrole nitrogens is 2. The second-order valence-corrected chi connectivity index (χ2v) is 7.27. The third-order valence-corrected chi connectivity index (χ3v) is 5.53. The van der Waals surface area contributed by atoms with Crippen LogP contribution in [0.15, 0.2) is 6.20 Å². The van der Waals surface area contributed by atoms with E-state index in [0.717, 1.165) is 49.3 Å². The number of aryl methyl sites for hydroxylation is 1. The summed E-state index contributed by atoms with van der Waals surface area (Å²) in [7, 11) is 0. The molecule has 134 valence electrons. The number of likely N-dealkylation sites (tertiary alicyclic amines) is 1. The number of piperidine rings is 1. The summed E-state index contributed by atoms with van der Waals surface area (Å²) < 4.78 is 5.81. The Kier molecular flexibility index (Phi) is 4.11. The molecule has 0 radical (unpaired) electrons. The average molecular weight is 343 g/mol. The van der Waals surface area contributed by atoms with Crippen LogP contribution in [0.4, 0.5) is 0 Å². The number of rotatable bonds is 2. The van der Waals surface area contributed by atoms with E-state index in [1.54, 1.807) is 0 Å². The van der Waals surface area contributed by atoms with Crippen molar-refractivity contribution in [2.45, 2.75) is 58.2 Å². The molecule has 0 saturated carbocycles. The van der Waals surface area contributed by atoms with Gasteiger partial charge in [-0.25, -0.2) is 0 Å². The second kappa shape index (κ2) is 6.29.